The molecule has 0 unspecified atom stereocenters. The Labute approximate surface area is 195 Å². The fourth-order valence-corrected chi connectivity index (χ4v) is 4.36. The number of alkyl carbamates (subject to hydrolysis) is 1. The average Bonchev–Trinajstić information content (AvgIpc) is 3.18. The normalized spacial score (nSPS) is 14.0. The fourth-order valence-electron chi connectivity index (χ4n) is 4.36. The van der Waals surface area contributed by atoms with Gasteiger partial charge in [-0.1, -0.05) is 99.1 Å². The predicted octanol–water partition coefficient (Wildman–Crippen LogP) is 5.26. The molecule has 0 heterocycles. The van der Waals surface area contributed by atoms with Crippen molar-refractivity contribution in [3.8, 4) is 11.1 Å². The Morgan fingerprint density at radius 2 is 1.45 bits per heavy atom. The van der Waals surface area contributed by atoms with Crippen molar-refractivity contribution in [1.29, 1.82) is 0 Å². The number of benzene rings is 3. The van der Waals surface area contributed by atoms with E-state index in [1.165, 1.54) is 11.1 Å². The lowest BCUT2D eigenvalue weighted by molar-refractivity contribution is -0.124. The minimum absolute atomic E-state index is 0.0166. The van der Waals surface area contributed by atoms with Crippen LogP contribution in [-0.4, -0.2) is 24.6 Å². The molecule has 0 saturated carbocycles. The van der Waals surface area contributed by atoms with Crippen LogP contribution in [0.4, 0.5) is 4.79 Å². The van der Waals surface area contributed by atoms with Gasteiger partial charge in [-0.15, -0.1) is 0 Å². The van der Waals surface area contributed by atoms with Crippen molar-refractivity contribution in [3.05, 3.63) is 95.6 Å². The largest absolute Gasteiger partial charge is 0.449 e. The zero-order valence-electron chi connectivity index (χ0n) is 19.1. The van der Waals surface area contributed by atoms with Gasteiger partial charge in [-0.25, -0.2) is 4.79 Å². The van der Waals surface area contributed by atoms with Crippen LogP contribution in [0.15, 0.2) is 78.9 Å². The van der Waals surface area contributed by atoms with E-state index in [2.05, 4.69) is 34.9 Å². The van der Waals surface area contributed by atoms with E-state index in [1.807, 2.05) is 68.4 Å². The second-order valence-electron chi connectivity index (χ2n) is 8.54. The molecule has 1 aliphatic rings. The van der Waals surface area contributed by atoms with E-state index in [1.54, 1.807) is 0 Å². The molecule has 0 spiro atoms. The zero-order chi connectivity index (χ0) is 23.2. The SMILES string of the molecule is CC[C@H](C)[C@H](NC(=O)OCC1c2ccccc2-c2ccccc21)C(=O)NCc1ccccc1. The highest BCUT2D eigenvalue weighted by Crippen LogP contribution is 2.44. The van der Waals surface area contributed by atoms with Crippen LogP contribution >= 0.6 is 0 Å². The lowest BCUT2D eigenvalue weighted by Gasteiger charge is -2.24. The van der Waals surface area contributed by atoms with Gasteiger partial charge in [0.05, 0.1) is 0 Å². The van der Waals surface area contributed by atoms with Gasteiger partial charge in [0.1, 0.15) is 12.6 Å². The molecule has 0 aliphatic heterocycles. The Hall–Kier alpha value is -3.60. The van der Waals surface area contributed by atoms with Gasteiger partial charge < -0.3 is 15.4 Å². The first kappa shape index (κ1) is 22.6. The van der Waals surface area contributed by atoms with Crippen molar-refractivity contribution in [1.82, 2.24) is 10.6 Å². The third-order valence-corrected chi connectivity index (χ3v) is 6.42. The lowest BCUT2D eigenvalue weighted by atomic mass is 9.98. The molecule has 1 aliphatic carbocycles. The Balaban J connectivity index is 1.39. The van der Waals surface area contributed by atoms with E-state index in [-0.39, 0.29) is 24.3 Å². The molecule has 0 radical (unpaired) electrons. The van der Waals surface area contributed by atoms with Crippen LogP contribution in [0.5, 0.6) is 0 Å². The molecule has 170 valence electrons. The van der Waals surface area contributed by atoms with E-state index in [4.69, 9.17) is 4.74 Å². The van der Waals surface area contributed by atoms with Crippen LogP contribution in [0, 0.1) is 5.92 Å². The first-order valence-electron chi connectivity index (χ1n) is 11.5. The minimum atomic E-state index is -0.658. The highest BCUT2D eigenvalue weighted by atomic mass is 16.5. The number of carbonyl (C=O) groups excluding carboxylic acids is 2. The summed E-state index contributed by atoms with van der Waals surface area (Å²) in [5.74, 6) is -0.250. The molecule has 2 amide bonds. The van der Waals surface area contributed by atoms with Gasteiger partial charge in [-0.2, -0.15) is 0 Å². The van der Waals surface area contributed by atoms with Crippen LogP contribution in [0.2, 0.25) is 0 Å². The number of carbonyl (C=O) groups is 2. The number of rotatable bonds is 8. The van der Waals surface area contributed by atoms with Gasteiger partial charge in [-0.05, 0) is 33.7 Å². The van der Waals surface area contributed by atoms with E-state index in [0.717, 1.165) is 23.1 Å². The van der Waals surface area contributed by atoms with Crippen molar-refractivity contribution in [3.63, 3.8) is 0 Å². The summed E-state index contributed by atoms with van der Waals surface area (Å²) in [4.78, 5) is 25.6. The molecule has 2 atom stereocenters. The maximum absolute atomic E-state index is 12.9. The van der Waals surface area contributed by atoms with Crippen molar-refractivity contribution in [2.24, 2.45) is 5.92 Å². The quantitative estimate of drug-likeness (QED) is 0.500. The van der Waals surface area contributed by atoms with Crippen molar-refractivity contribution in [2.75, 3.05) is 6.61 Å². The highest BCUT2D eigenvalue weighted by molar-refractivity contribution is 5.86. The smallest absolute Gasteiger partial charge is 0.407 e. The number of hydrogen-bond acceptors (Lipinski definition) is 3. The Morgan fingerprint density at radius 1 is 0.879 bits per heavy atom. The number of hydrogen-bond donors (Lipinski definition) is 2. The molecule has 0 bridgehead atoms. The fraction of sp³-hybridized carbons (Fsp3) is 0.286. The third-order valence-electron chi connectivity index (χ3n) is 6.42. The molecule has 33 heavy (non-hydrogen) atoms. The molecule has 3 aromatic carbocycles. The summed E-state index contributed by atoms with van der Waals surface area (Å²) in [6.07, 6.45) is 0.185. The molecular formula is C28H30N2O3. The van der Waals surface area contributed by atoms with E-state index < -0.39 is 12.1 Å². The maximum Gasteiger partial charge on any atom is 0.407 e. The van der Waals surface area contributed by atoms with E-state index >= 15 is 0 Å². The second kappa shape index (κ2) is 10.3. The Morgan fingerprint density at radius 3 is 2.06 bits per heavy atom. The summed E-state index contributed by atoms with van der Waals surface area (Å²) in [7, 11) is 0. The predicted molar refractivity (Wildman–Crippen MR) is 130 cm³/mol. The van der Waals surface area contributed by atoms with Gasteiger partial charge in [0, 0.05) is 12.5 Å². The van der Waals surface area contributed by atoms with Crippen molar-refractivity contribution < 1.29 is 14.3 Å². The average molecular weight is 443 g/mol. The first-order chi connectivity index (χ1) is 16.1. The molecule has 0 fully saturated rings. The Kier molecular flexibility index (Phi) is 7.08. The molecule has 0 aromatic heterocycles. The molecule has 2 N–H and O–H groups in total. The summed E-state index contributed by atoms with van der Waals surface area (Å²) in [6, 6.07) is 25.5. The monoisotopic (exact) mass is 442 g/mol. The maximum atomic E-state index is 12.9. The zero-order valence-corrected chi connectivity index (χ0v) is 19.1. The number of nitrogens with one attached hydrogen (secondary N) is 2. The minimum Gasteiger partial charge on any atom is -0.449 e. The lowest BCUT2D eigenvalue weighted by Crippen LogP contribution is -2.50. The number of amides is 2. The van der Waals surface area contributed by atoms with Crippen LogP contribution in [0.25, 0.3) is 11.1 Å². The van der Waals surface area contributed by atoms with Gasteiger partial charge in [0.25, 0.3) is 0 Å². The Bertz CT molecular complexity index is 1070. The first-order valence-corrected chi connectivity index (χ1v) is 11.5. The topological polar surface area (TPSA) is 67.4 Å². The molecule has 5 nitrogen and oxygen atoms in total. The summed E-state index contributed by atoms with van der Waals surface area (Å²) >= 11 is 0. The van der Waals surface area contributed by atoms with Gasteiger partial charge >= 0.3 is 6.09 Å². The highest BCUT2D eigenvalue weighted by Gasteiger charge is 2.30. The second-order valence-corrected chi connectivity index (χ2v) is 8.54. The van der Waals surface area contributed by atoms with Gasteiger partial charge in [-0.3, -0.25) is 4.79 Å². The summed E-state index contributed by atoms with van der Waals surface area (Å²) in [5.41, 5.74) is 5.69. The third kappa shape index (κ3) is 5.08. The number of ether oxygens (including phenoxy) is 1. The van der Waals surface area contributed by atoms with E-state index in [9.17, 15) is 9.59 Å². The van der Waals surface area contributed by atoms with Gasteiger partial charge in [0.2, 0.25) is 5.91 Å². The molecule has 5 heteroatoms. The summed E-state index contributed by atoms with van der Waals surface area (Å²) < 4.78 is 5.65. The molecular weight excluding hydrogens is 412 g/mol. The number of fused-ring (bicyclic) bond motifs is 3. The van der Waals surface area contributed by atoms with Crippen molar-refractivity contribution >= 4 is 12.0 Å². The van der Waals surface area contributed by atoms with Crippen LogP contribution < -0.4 is 10.6 Å². The van der Waals surface area contributed by atoms with Gasteiger partial charge in [0.15, 0.2) is 0 Å². The molecule has 4 rings (SSSR count). The molecule has 3 aromatic rings. The standard InChI is InChI=1S/C28H30N2O3/c1-3-19(2)26(27(31)29-17-20-11-5-4-6-12-20)30-28(32)33-18-25-23-15-9-7-13-21(23)22-14-8-10-16-24(22)25/h4-16,19,25-26H,3,17-18H2,1-2H3,(H,29,31)(H,30,32)/t19-,26-/m0/s1. The summed E-state index contributed by atoms with van der Waals surface area (Å²) in [5, 5.41) is 5.74. The van der Waals surface area contributed by atoms with Crippen molar-refractivity contribution in [2.45, 2.75) is 38.8 Å². The summed E-state index contributed by atoms with van der Waals surface area (Å²) in [6.45, 7) is 4.59. The van der Waals surface area contributed by atoms with Crippen LogP contribution in [0.3, 0.4) is 0 Å². The van der Waals surface area contributed by atoms with Crippen LogP contribution in [-0.2, 0) is 16.1 Å². The van der Waals surface area contributed by atoms with Crippen LogP contribution in [0.1, 0.15) is 42.9 Å². The molecule has 0 saturated heterocycles. The van der Waals surface area contributed by atoms with E-state index in [0.29, 0.717) is 6.54 Å².